The molecule has 0 unspecified atom stereocenters. The summed E-state index contributed by atoms with van der Waals surface area (Å²) in [6.07, 6.45) is 0. The SMILES string of the molecule is COc1cc2c3c(c1)nnn3C(=O)CS2. The molecule has 2 heterocycles. The lowest BCUT2D eigenvalue weighted by Gasteiger charge is -2.11. The smallest absolute Gasteiger partial charge is 0.259 e. The maximum Gasteiger partial charge on any atom is 0.259 e. The van der Waals surface area contributed by atoms with Crippen molar-refractivity contribution in [2.45, 2.75) is 4.90 Å². The molecule has 0 saturated carbocycles. The molecule has 0 spiro atoms. The highest BCUT2D eigenvalue weighted by Crippen LogP contribution is 2.34. The van der Waals surface area contributed by atoms with E-state index in [-0.39, 0.29) is 5.91 Å². The zero-order valence-corrected chi connectivity index (χ0v) is 8.74. The fourth-order valence-electron chi connectivity index (χ4n) is 1.60. The minimum absolute atomic E-state index is 0.0276. The highest BCUT2D eigenvalue weighted by atomic mass is 32.2. The number of benzene rings is 1. The van der Waals surface area contributed by atoms with E-state index in [0.717, 1.165) is 16.2 Å². The van der Waals surface area contributed by atoms with E-state index in [9.17, 15) is 4.79 Å². The number of rotatable bonds is 1. The third-order valence-corrected chi connectivity index (χ3v) is 3.32. The molecule has 1 aliphatic heterocycles. The van der Waals surface area contributed by atoms with Crippen molar-refractivity contribution < 1.29 is 9.53 Å². The van der Waals surface area contributed by atoms with Crippen molar-refractivity contribution in [3.63, 3.8) is 0 Å². The van der Waals surface area contributed by atoms with E-state index in [1.54, 1.807) is 13.2 Å². The van der Waals surface area contributed by atoms with Gasteiger partial charge in [0.2, 0.25) is 0 Å². The largest absolute Gasteiger partial charge is 0.497 e. The van der Waals surface area contributed by atoms with Crippen molar-refractivity contribution in [2.24, 2.45) is 0 Å². The summed E-state index contributed by atoms with van der Waals surface area (Å²) in [5.74, 6) is 1.12. The third-order valence-electron chi connectivity index (χ3n) is 2.31. The van der Waals surface area contributed by atoms with Gasteiger partial charge < -0.3 is 4.74 Å². The summed E-state index contributed by atoms with van der Waals surface area (Å²) in [6.45, 7) is 0. The monoisotopic (exact) mass is 221 g/mol. The molecule has 0 atom stereocenters. The molecule has 0 aliphatic carbocycles. The van der Waals surface area contributed by atoms with Crippen molar-refractivity contribution >= 4 is 28.7 Å². The molecule has 3 rings (SSSR count). The number of nitrogens with zero attached hydrogens (tertiary/aromatic N) is 3. The van der Waals surface area contributed by atoms with Crippen LogP contribution in [-0.2, 0) is 0 Å². The first-order valence-corrected chi connectivity index (χ1v) is 5.37. The van der Waals surface area contributed by atoms with Gasteiger partial charge in [0, 0.05) is 11.0 Å². The molecule has 0 fully saturated rings. The predicted molar refractivity (Wildman–Crippen MR) is 55.4 cm³/mol. The lowest BCUT2D eigenvalue weighted by atomic mass is 10.3. The number of methoxy groups -OCH3 is 1. The van der Waals surface area contributed by atoms with Gasteiger partial charge >= 0.3 is 0 Å². The molecule has 0 radical (unpaired) electrons. The van der Waals surface area contributed by atoms with Crippen LogP contribution in [0.1, 0.15) is 4.79 Å². The van der Waals surface area contributed by atoms with Crippen LogP contribution >= 0.6 is 11.8 Å². The summed E-state index contributed by atoms with van der Waals surface area (Å²) in [7, 11) is 1.61. The van der Waals surface area contributed by atoms with Gasteiger partial charge in [0.25, 0.3) is 5.91 Å². The maximum atomic E-state index is 11.5. The van der Waals surface area contributed by atoms with Crippen LogP contribution in [0.15, 0.2) is 17.0 Å². The molecular weight excluding hydrogens is 214 g/mol. The molecule has 1 aromatic carbocycles. The van der Waals surface area contributed by atoms with Crippen LogP contribution in [0.5, 0.6) is 5.75 Å². The van der Waals surface area contributed by atoms with Crippen LogP contribution in [0.3, 0.4) is 0 Å². The van der Waals surface area contributed by atoms with Gasteiger partial charge in [-0.05, 0) is 6.07 Å². The summed E-state index contributed by atoms with van der Waals surface area (Å²) in [5.41, 5.74) is 1.49. The first-order chi connectivity index (χ1) is 7.29. The fourth-order valence-corrected chi connectivity index (χ4v) is 2.53. The lowest BCUT2D eigenvalue weighted by Crippen LogP contribution is -2.18. The van der Waals surface area contributed by atoms with Gasteiger partial charge in [0.05, 0.1) is 12.9 Å². The van der Waals surface area contributed by atoms with Crippen molar-refractivity contribution in [1.29, 1.82) is 0 Å². The first kappa shape index (κ1) is 8.72. The van der Waals surface area contributed by atoms with Crippen LogP contribution < -0.4 is 4.74 Å². The molecule has 76 valence electrons. The number of hydrogen-bond acceptors (Lipinski definition) is 5. The predicted octanol–water partition coefficient (Wildman–Crippen LogP) is 1.19. The zero-order chi connectivity index (χ0) is 10.4. The number of ether oxygens (including phenoxy) is 1. The lowest BCUT2D eigenvalue weighted by molar-refractivity contribution is 0.0927. The summed E-state index contributed by atoms with van der Waals surface area (Å²) < 4.78 is 6.51. The Bertz CT molecular complexity index is 564. The van der Waals surface area contributed by atoms with Gasteiger partial charge in [-0.25, -0.2) is 0 Å². The normalized spacial score (nSPS) is 14.6. The Labute approximate surface area is 89.4 Å². The first-order valence-electron chi connectivity index (χ1n) is 4.39. The number of hydrogen-bond donors (Lipinski definition) is 0. The highest BCUT2D eigenvalue weighted by Gasteiger charge is 2.22. The Kier molecular flexibility index (Phi) is 1.72. The number of carbonyl (C=O) groups is 1. The minimum Gasteiger partial charge on any atom is -0.497 e. The van der Waals surface area contributed by atoms with Gasteiger partial charge in [0.15, 0.2) is 0 Å². The van der Waals surface area contributed by atoms with Gasteiger partial charge in [-0.1, -0.05) is 5.21 Å². The van der Waals surface area contributed by atoms with Crippen LogP contribution in [0.25, 0.3) is 11.0 Å². The Hall–Kier alpha value is -1.56. The van der Waals surface area contributed by atoms with E-state index >= 15 is 0 Å². The molecule has 15 heavy (non-hydrogen) atoms. The average molecular weight is 221 g/mol. The molecule has 5 nitrogen and oxygen atoms in total. The quantitative estimate of drug-likeness (QED) is 0.723. The Balaban J connectivity index is 2.38. The molecule has 1 aromatic heterocycles. The van der Waals surface area contributed by atoms with E-state index in [0.29, 0.717) is 11.3 Å². The van der Waals surface area contributed by atoms with E-state index < -0.39 is 0 Å². The third kappa shape index (κ3) is 1.14. The summed E-state index contributed by atoms with van der Waals surface area (Å²) in [4.78, 5) is 12.5. The number of carbonyl (C=O) groups excluding carboxylic acids is 1. The van der Waals surface area contributed by atoms with Gasteiger partial charge in [-0.3, -0.25) is 4.79 Å². The van der Waals surface area contributed by atoms with E-state index in [1.165, 1.54) is 16.4 Å². The second kappa shape index (κ2) is 2.96. The Morgan fingerprint density at radius 3 is 3.20 bits per heavy atom. The topological polar surface area (TPSA) is 57.0 Å². The van der Waals surface area contributed by atoms with Crippen molar-refractivity contribution in [3.8, 4) is 5.75 Å². The highest BCUT2D eigenvalue weighted by molar-refractivity contribution is 8.00. The van der Waals surface area contributed by atoms with Gasteiger partial charge in [-0.15, -0.1) is 16.9 Å². The van der Waals surface area contributed by atoms with Crippen molar-refractivity contribution in [1.82, 2.24) is 15.0 Å². The average Bonchev–Trinajstić information content (AvgIpc) is 2.68. The molecule has 6 heteroatoms. The summed E-state index contributed by atoms with van der Waals surface area (Å²) in [5, 5.41) is 7.78. The molecule has 0 amide bonds. The molecule has 0 saturated heterocycles. The Morgan fingerprint density at radius 2 is 2.40 bits per heavy atom. The molecule has 0 N–H and O–H groups in total. The molecule has 0 bridgehead atoms. The maximum absolute atomic E-state index is 11.5. The van der Waals surface area contributed by atoms with Gasteiger partial charge in [0.1, 0.15) is 16.8 Å². The van der Waals surface area contributed by atoms with Crippen LogP contribution in [0.4, 0.5) is 0 Å². The summed E-state index contributed by atoms with van der Waals surface area (Å²) >= 11 is 1.49. The second-order valence-corrected chi connectivity index (χ2v) is 4.19. The molecular formula is C9H7N3O2S. The van der Waals surface area contributed by atoms with Crippen molar-refractivity contribution in [2.75, 3.05) is 12.9 Å². The zero-order valence-electron chi connectivity index (χ0n) is 7.93. The molecule has 1 aliphatic rings. The Morgan fingerprint density at radius 1 is 1.53 bits per heavy atom. The van der Waals surface area contributed by atoms with E-state index in [1.807, 2.05) is 6.07 Å². The second-order valence-electron chi connectivity index (χ2n) is 3.18. The minimum atomic E-state index is -0.0276. The summed E-state index contributed by atoms with van der Waals surface area (Å²) in [6, 6.07) is 3.68. The van der Waals surface area contributed by atoms with Crippen LogP contribution in [0, 0.1) is 0 Å². The van der Waals surface area contributed by atoms with Gasteiger partial charge in [-0.2, -0.15) is 4.68 Å². The van der Waals surface area contributed by atoms with Crippen LogP contribution in [0.2, 0.25) is 0 Å². The molecule has 2 aromatic rings. The van der Waals surface area contributed by atoms with E-state index in [4.69, 9.17) is 4.74 Å². The number of thioether (sulfide) groups is 1. The van der Waals surface area contributed by atoms with Crippen molar-refractivity contribution in [3.05, 3.63) is 12.1 Å². The standard InChI is InChI=1S/C9H7N3O2S/c1-14-5-2-6-9-7(3-5)15-4-8(13)12(9)11-10-6/h2-3H,4H2,1H3. The van der Waals surface area contributed by atoms with Crippen LogP contribution in [-0.4, -0.2) is 33.8 Å². The fraction of sp³-hybridized carbons (Fsp3) is 0.222. The van der Waals surface area contributed by atoms with E-state index in [2.05, 4.69) is 10.3 Å². The number of aromatic nitrogens is 3.